The first kappa shape index (κ1) is 19.6. The van der Waals surface area contributed by atoms with Crippen molar-refractivity contribution in [3.8, 4) is 17.2 Å². The number of amides is 1. The van der Waals surface area contributed by atoms with Crippen molar-refractivity contribution in [3.05, 3.63) is 52.5 Å². The predicted octanol–water partition coefficient (Wildman–Crippen LogP) is 3.91. The van der Waals surface area contributed by atoms with Crippen LogP contribution in [-0.2, 0) is 0 Å². The first-order valence-corrected chi connectivity index (χ1v) is 8.44. The summed E-state index contributed by atoms with van der Waals surface area (Å²) in [6.07, 6.45) is 2.38. The second-order valence-corrected chi connectivity index (χ2v) is 5.74. The SMILES string of the molecule is CCCOc1ccc(Cl)cc1/C=N/NC(=O)c1ccc(OC)c(OC)c1. The van der Waals surface area contributed by atoms with Gasteiger partial charge in [0.25, 0.3) is 5.91 Å². The maximum absolute atomic E-state index is 12.2. The predicted molar refractivity (Wildman–Crippen MR) is 102 cm³/mol. The van der Waals surface area contributed by atoms with Gasteiger partial charge in [-0.3, -0.25) is 4.79 Å². The van der Waals surface area contributed by atoms with Crippen molar-refractivity contribution in [2.24, 2.45) is 5.10 Å². The van der Waals surface area contributed by atoms with E-state index in [1.54, 1.807) is 36.4 Å². The Kier molecular flexibility index (Phi) is 7.29. The summed E-state index contributed by atoms with van der Waals surface area (Å²) in [4.78, 5) is 12.2. The Labute approximate surface area is 157 Å². The highest BCUT2D eigenvalue weighted by atomic mass is 35.5. The van der Waals surface area contributed by atoms with Crippen LogP contribution in [0, 0.1) is 0 Å². The molecule has 0 heterocycles. The highest BCUT2D eigenvalue weighted by molar-refractivity contribution is 6.30. The van der Waals surface area contributed by atoms with Gasteiger partial charge in [-0.1, -0.05) is 18.5 Å². The lowest BCUT2D eigenvalue weighted by atomic mass is 10.2. The number of methoxy groups -OCH3 is 2. The van der Waals surface area contributed by atoms with Crippen molar-refractivity contribution in [1.29, 1.82) is 0 Å². The van der Waals surface area contributed by atoms with Crippen LogP contribution in [0.2, 0.25) is 5.02 Å². The van der Waals surface area contributed by atoms with Gasteiger partial charge in [-0.05, 0) is 42.8 Å². The topological polar surface area (TPSA) is 69.2 Å². The fraction of sp³-hybridized carbons (Fsp3) is 0.263. The van der Waals surface area contributed by atoms with Crippen LogP contribution in [-0.4, -0.2) is 32.9 Å². The fourth-order valence-corrected chi connectivity index (χ4v) is 2.35. The quantitative estimate of drug-likeness (QED) is 0.560. The molecular formula is C19H21ClN2O4. The molecule has 1 N–H and O–H groups in total. The summed E-state index contributed by atoms with van der Waals surface area (Å²) in [6.45, 7) is 2.60. The maximum atomic E-state index is 12.2. The van der Waals surface area contributed by atoms with E-state index in [9.17, 15) is 4.79 Å². The number of nitrogens with one attached hydrogen (secondary N) is 1. The fourth-order valence-electron chi connectivity index (χ4n) is 2.17. The number of hydrogen-bond donors (Lipinski definition) is 1. The summed E-state index contributed by atoms with van der Waals surface area (Å²) in [7, 11) is 3.04. The Morgan fingerprint density at radius 1 is 1.12 bits per heavy atom. The average Bonchev–Trinajstić information content (AvgIpc) is 2.66. The van der Waals surface area contributed by atoms with Crippen molar-refractivity contribution in [3.63, 3.8) is 0 Å². The number of carbonyl (C=O) groups is 1. The third-order valence-corrected chi connectivity index (χ3v) is 3.68. The Hall–Kier alpha value is -2.73. The van der Waals surface area contributed by atoms with Crippen molar-refractivity contribution in [2.45, 2.75) is 13.3 Å². The van der Waals surface area contributed by atoms with Gasteiger partial charge in [0.1, 0.15) is 5.75 Å². The van der Waals surface area contributed by atoms with Gasteiger partial charge in [-0.15, -0.1) is 0 Å². The lowest BCUT2D eigenvalue weighted by Gasteiger charge is -2.09. The summed E-state index contributed by atoms with van der Waals surface area (Å²) >= 11 is 6.02. The van der Waals surface area contributed by atoms with Crippen molar-refractivity contribution >= 4 is 23.7 Å². The molecule has 0 unspecified atom stereocenters. The van der Waals surface area contributed by atoms with E-state index in [-0.39, 0.29) is 5.91 Å². The third kappa shape index (κ3) is 5.13. The number of ether oxygens (including phenoxy) is 3. The molecule has 2 aromatic carbocycles. The minimum atomic E-state index is -0.375. The monoisotopic (exact) mass is 376 g/mol. The van der Waals surface area contributed by atoms with Crippen molar-refractivity contribution in [2.75, 3.05) is 20.8 Å². The molecule has 0 aliphatic rings. The lowest BCUT2D eigenvalue weighted by Crippen LogP contribution is -2.17. The van der Waals surface area contributed by atoms with Gasteiger partial charge >= 0.3 is 0 Å². The van der Waals surface area contributed by atoms with Gasteiger partial charge in [-0.2, -0.15) is 5.10 Å². The summed E-state index contributed by atoms with van der Waals surface area (Å²) in [6, 6.07) is 10.1. The zero-order valence-electron chi connectivity index (χ0n) is 14.9. The van der Waals surface area contributed by atoms with E-state index in [4.69, 9.17) is 25.8 Å². The van der Waals surface area contributed by atoms with E-state index in [1.165, 1.54) is 20.4 Å². The standard InChI is InChI=1S/C19H21ClN2O4/c1-4-9-26-16-8-6-15(20)10-14(16)12-21-22-19(23)13-5-7-17(24-2)18(11-13)25-3/h5-8,10-12H,4,9H2,1-3H3,(H,22,23)/b21-12+. The molecule has 0 aliphatic heterocycles. The Morgan fingerprint density at radius 2 is 1.85 bits per heavy atom. The van der Waals surface area contributed by atoms with Gasteiger partial charge < -0.3 is 14.2 Å². The van der Waals surface area contributed by atoms with E-state index in [1.807, 2.05) is 6.92 Å². The highest BCUT2D eigenvalue weighted by Crippen LogP contribution is 2.27. The summed E-state index contributed by atoms with van der Waals surface area (Å²) in [5.74, 6) is 1.29. The molecule has 0 saturated carbocycles. The zero-order chi connectivity index (χ0) is 18.9. The van der Waals surface area contributed by atoms with Gasteiger partial charge in [0.2, 0.25) is 0 Å². The minimum absolute atomic E-state index is 0.375. The molecule has 0 aliphatic carbocycles. The molecule has 1 amide bonds. The van der Waals surface area contributed by atoms with Crippen molar-refractivity contribution in [1.82, 2.24) is 5.43 Å². The van der Waals surface area contributed by atoms with Crippen LogP contribution in [0.5, 0.6) is 17.2 Å². The number of rotatable bonds is 8. The largest absolute Gasteiger partial charge is 0.493 e. The lowest BCUT2D eigenvalue weighted by molar-refractivity contribution is 0.0954. The van der Waals surface area contributed by atoms with E-state index in [2.05, 4.69) is 10.5 Å². The van der Waals surface area contributed by atoms with Crippen LogP contribution in [0.15, 0.2) is 41.5 Å². The molecule has 2 aromatic rings. The number of hydrogen-bond acceptors (Lipinski definition) is 5. The van der Waals surface area contributed by atoms with E-state index < -0.39 is 0 Å². The Morgan fingerprint density at radius 3 is 2.54 bits per heavy atom. The third-order valence-electron chi connectivity index (χ3n) is 3.45. The molecule has 0 aromatic heterocycles. The molecule has 7 heteroatoms. The molecule has 2 rings (SSSR count). The molecule has 26 heavy (non-hydrogen) atoms. The van der Waals surface area contributed by atoms with Gasteiger partial charge in [-0.25, -0.2) is 5.43 Å². The van der Waals surface area contributed by atoms with Gasteiger partial charge in [0.15, 0.2) is 11.5 Å². The number of carbonyl (C=O) groups excluding carboxylic acids is 1. The van der Waals surface area contributed by atoms with Crippen LogP contribution in [0.3, 0.4) is 0 Å². The van der Waals surface area contributed by atoms with Crippen LogP contribution in [0.1, 0.15) is 29.3 Å². The number of hydrazone groups is 1. The number of halogens is 1. The smallest absolute Gasteiger partial charge is 0.271 e. The van der Waals surface area contributed by atoms with Gasteiger partial charge in [0, 0.05) is 16.1 Å². The molecule has 138 valence electrons. The molecule has 0 bridgehead atoms. The highest BCUT2D eigenvalue weighted by Gasteiger charge is 2.10. The second kappa shape index (κ2) is 9.68. The molecular weight excluding hydrogens is 356 g/mol. The summed E-state index contributed by atoms with van der Waals surface area (Å²) in [5.41, 5.74) is 3.55. The molecule has 0 fully saturated rings. The maximum Gasteiger partial charge on any atom is 0.271 e. The zero-order valence-corrected chi connectivity index (χ0v) is 15.7. The first-order valence-electron chi connectivity index (χ1n) is 8.06. The number of benzene rings is 2. The molecule has 0 saturated heterocycles. The van der Waals surface area contributed by atoms with Crippen LogP contribution in [0.25, 0.3) is 0 Å². The molecule has 6 nitrogen and oxygen atoms in total. The summed E-state index contributed by atoms with van der Waals surface area (Å²) < 4.78 is 16.0. The Balaban J connectivity index is 2.10. The molecule has 0 radical (unpaired) electrons. The second-order valence-electron chi connectivity index (χ2n) is 5.30. The van der Waals surface area contributed by atoms with E-state index in [0.29, 0.717) is 40.0 Å². The van der Waals surface area contributed by atoms with Crippen LogP contribution in [0.4, 0.5) is 0 Å². The van der Waals surface area contributed by atoms with Crippen molar-refractivity contribution < 1.29 is 19.0 Å². The summed E-state index contributed by atoms with van der Waals surface area (Å²) in [5, 5.41) is 4.55. The number of nitrogens with zero attached hydrogens (tertiary/aromatic N) is 1. The normalized spacial score (nSPS) is 10.6. The minimum Gasteiger partial charge on any atom is -0.493 e. The van der Waals surface area contributed by atoms with E-state index in [0.717, 1.165) is 6.42 Å². The van der Waals surface area contributed by atoms with Gasteiger partial charge in [0.05, 0.1) is 27.0 Å². The Bertz CT molecular complexity index is 793. The van der Waals surface area contributed by atoms with Crippen LogP contribution < -0.4 is 19.6 Å². The molecule has 0 atom stereocenters. The van der Waals surface area contributed by atoms with E-state index >= 15 is 0 Å². The van der Waals surface area contributed by atoms with Crippen LogP contribution >= 0.6 is 11.6 Å². The molecule has 0 spiro atoms. The average molecular weight is 377 g/mol. The first-order chi connectivity index (χ1) is 12.6.